The maximum absolute atomic E-state index is 13.0. The van der Waals surface area contributed by atoms with Crippen LogP contribution in [0.1, 0.15) is 35.1 Å². The summed E-state index contributed by atoms with van der Waals surface area (Å²) < 4.78 is 40.2. The first-order chi connectivity index (χ1) is 14.2. The van der Waals surface area contributed by atoms with Gasteiger partial charge in [-0.3, -0.25) is 14.2 Å². The number of likely N-dealkylation sites (tertiary alicyclic amines) is 1. The van der Waals surface area contributed by atoms with Crippen molar-refractivity contribution in [1.29, 1.82) is 0 Å². The second-order valence-electron chi connectivity index (χ2n) is 7.21. The van der Waals surface area contributed by atoms with Crippen LogP contribution in [0.15, 0.2) is 35.3 Å². The molecule has 1 amide bonds. The van der Waals surface area contributed by atoms with Crippen molar-refractivity contribution in [2.75, 3.05) is 13.1 Å². The van der Waals surface area contributed by atoms with E-state index in [4.69, 9.17) is 0 Å². The fourth-order valence-corrected chi connectivity index (χ4v) is 3.77. The number of alkyl halides is 3. The number of nitrogens with one attached hydrogen (secondary N) is 1. The summed E-state index contributed by atoms with van der Waals surface area (Å²) in [6.07, 6.45) is -2.80. The van der Waals surface area contributed by atoms with Crippen LogP contribution in [-0.2, 0) is 18.0 Å². The second-order valence-corrected chi connectivity index (χ2v) is 7.21. The molecule has 0 radical (unpaired) electrons. The molecular formula is C19H18F3N5O3. The molecule has 1 N–H and O–H groups in total. The number of rotatable bonds is 3. The molecule has 0 saturated carbocycles. The minimum atomic E-state index is -4.73. The molecule has 4 rings (SSSR count). The van der Waals surface area contributed by atoms with Gasteiger partial charge in [0.15, 0.2) is 0 Å². The fourth-order valence-electron chi connectivity index (χ4n) is 3.77. The highest BCUT2D eigenvalue weighted by Gasteiger charge is 2.39. The Hall–Kier alpha value is -3.37. The van der Waals surface area contributed by atoms with Crippen LogP contribution in [0.4, 0.5) is 13.2 Å². The minimum Gasteiger partial charge on any atom is -0.360 e. The Labute approximate surface area is 167 Å². The summed E-state index contributed by atoms with van der Waals surface area (Å²) in [4.78, 5) is 41.8. The van der Waals surface area contributed by atoms with Crippen LogP contribution >= 0.6 is 0 Å². The Balaban J connectivity index is 1.48. The van der Waals surface area contributed by atoms with Gasteiger partial charge in [0.1, 0.15) is 0 Å². The van der Waals surface area contributed by atoms with Crippen LogP contribution in [0.25, 0.3) is 10.9 Å². The molecule has 0 atom stereocenters. The normalized spacial score (nSPS) is 15.7. The van der Waals surface area contributed by atoms with Crippen molar-refractivity contribution in [2.24, 2.45) is 7.05 Å². The number of fused-ring (bicyclic) bond motifs is 1. The maximum Gasteiger partial charge on any atom is 0.451 e. The third-order valence-electron chi connectivity index (χ3n) is 5.38. The zero-order valence-corrected chi connectivity index (χ0v) is 15.9. The molecule has 3 aromatic rings. The lowest BCUT2D eigenvalue weighted by atomic mass is 10.0. The molecule has 2 aromatic heterocycles. The Bertz CT molecular complexity index is 1180. The monoisotopic (exact) mass is 421 g/mol. The van der Waals surface area contributed by atoms with Crippen molar-refractivity contribution in [3.05, 3.63) is 52.3 Å². The number of para-hydroxylation sites is 1. The van der Waals surface area contributed by atoms with Crippen molar-refractivity contribution in [1.82, 2.24) is 24.2 Å². The summed E-state index contributed by atoms with van der Waals surface area (Å²) in [5.74, 6) is -2.59. The molecule has 30 heavy (non-hydrogen) atoms. The van der Waals surface area contributed by atoms with E-state index < -0.39 is 35.4 Å². The van der Waals surface area contributed by atoms with Crippen LogP contribution in [-0.4, -0.2) is 49.0 Å². The smallest absolute Gasteiger partial charge is 0.360 e. The van der Waals surface area contributed by atoms with Gasteiger partial charge in [0.25, 0.3) is 11.7 Å². The SMILES string of the molecule is Cn1c(C(F)(F)F)nn(C2CCN(C(=O)C(=O)c3c[nH]c4ccccc34)CC2)c1=O. The third-order valence-corrected chi connectivity index (χ3v) is 5.38. The summed E-state index contributed by atoms with van der Waals surface area (Å²) in [6.45, 7) is 0.282. The molecule has 1 saturated heterocycles. The average molecular weight is 421 g/mol. The van der Waals surface area contributed by atoms with E-state index in [1.54, 1.807) is 18.2 Å². The number of nitrogens with zero attached hydrogens (tertiary/aromatic N) is 4. The van der Waals surface area contributed by atoms with Crippen molar-refractivity contribution in [3.63, 3.8) is 0 Å². The van der Waals surface area contributed by atoms with E-state index in [1.807, 2.05) is 6.07 Å². The van der Waals surface area contributed by atoms with E-state index in [9.17, 15) is 27.6 Å². The number of carbonyl (C=O) groups excluding carboxylic acids is 2. The summed E-state index contributed by atoms with van der Waals surface area (Å²) >= 11 is 0. The van der Waals surface area contributed by atoms with Crippen LogP contribution in [0.5, 0.6) is 0 Å². The molecule has 8 nitrogen and oxygen atoms in total. The van der Waals surface area contributed by atoms with Crippen molar-refractivity contribution < 1.29 is 22.8 Å². The number of benzene rings is 1. The fraction of sp³-hybridized carbons (Fsp3) is 0.368. The zero-order valence-electron chi connectivity index (χ0n) is 15.9. The zero-order chi connectivity index (χ0) is 21.6. The number of piperidine rings is 1. The van der Waals surface area contributed by atoms with E-state index in [2.05, 4.69) is 10.1 Å². The number of carbonyl (C=O) groups is 2. The molecule has 0 aliphatic carbocycles. The van der Waals surface area contributed by atoms with Crippen LogP contribution in [0.3, 0.4) is 0 Å². The van der Waals surface area contributed by atoms with Gasteiger partial charge in [-0.05, 0) is 18.9 Å². The van der Waals surface area contributed by atoms with Gasteiger partial charge in [-0.15, -0.1) is 5.10 Å². The first kappa shape index (κ1) is 19.9. The van der Waals surface area contributed by atoms with Crippen LogP contribution in [0, 0.1) is 0 Å². The number of amides is 1. The molecule has 0 spiro atoms. The molecule has 3 heterocycles. The highest BCUT2D eigenvalue weighted by atomic mass is 19.4. The minimum absolute atomic E-state index is 0.141. The Morgan fingerprint density at radius 1 is 1.17 bits per heavy atom. The number of aromatic amines is 1. The van der Waals surface area contributed by atoms with E-state index in [0.29, 0.717) is 9.95 Å². The molecule has 1 fully saturated rings. The lowest BCUT2D eigenvalue weighted by Crippen LogP contribution is -2.43. The third kappa shape index (κ3) is 3.29. The Kier molecular flexibility index (Phi) is 4.75. The molecule has 0 unspecified atom stereocenters. The first-order valence-electron chi connectivity index (χ1n) is 9.31. The van der Waals surface area contributed by atoms with E-state index in [1.165, 1.54) is 11.1 Å². The number of Topliss-reactive ketones (excluding diaryl/α,β-unsaturated/α-hetero) is 1. The van der Waals surface area contributed by atoms with Crippen molar-refractivity contribution >= 4 is 22.6 Å². The van der Waals surface area contributed by atoms with Gasteiger partial charge in [-0.25, -0.2) is 9.48 Å². The standard InChI is InChI=1S/C19H18F3N5O3/c1-25-17(19(20,21)22)24-27(18(25)30)11-6-8-26(9-7-11)16(29)15(28)13-10-23-14-5-3-2-4-12(13)14/h2-5,10-11,23H,6-9H2,1H3. The van der Waals surface area contributed by atoms with Crippen molar-refractivity contribution in [2.45, 2.75) is 25.1 Å². The summed E-state index contributed by atoms with van der Waals surface area (Å²) in [5.41, 5.74) is 0.151. The van der Waals surface area contributed by atoms with Crippen molar-refractivity contribution in [3.8, 4) is 0 Å². The lowest BCUT2D eigenvalue weighted by Gasteiger charge is -2.31. The molecule has 158 valence electrons. The van der Waals surface area contributed by atoms with Gasteiger partial charge in [0, 0.05) is 37.2 Å². The van der Waals surface area contributed by atoms with Gasteiger partial charge < -0.3 is 9.88 Å². The van der Waals surface area contributed by atoms with Crippen LogP contribution in [0.2, 0.25) is 0 Å². The number of ketones is 1. The molecule has 11 heteroatoms. The molecule has 1 aliphatic heterocycles. The predicted octanol–water partition coefficient (Wildman–Crippen LogP) is 2.13. The Morgan fingerprint density at radius 3 is 2.47 bits per heavy atom. The first-order valence-corrected chi connectivity index (χ1v) is 9.31. The molecule has 0 bridgehead atoms. The predicted molar refractivity (Wildman–Crippen MR) is 100.0 cm³/mol. The summed E-state index contributed by atoms with van der Waals surface area (Å²) in [5, 5.41) is 4.10. The molecular weight excluding hydrogens is 403 g/mol. The highest BCUT2D eigenvalue weighted by molar-refractivity contribution is 6.44. The van der Waals surface area contributed by atoms with Gasteiger partial charge in [-0.2, -0.15) is 13.2 Å². The van der Waals surface area contributed by atoms with E-state index >= 15 is 0 Å². The number of halogens is 3. The molecule has 1 aromatic carbocycles. The quantitative estimate of drug-likeness (QED) is 0.518. The number of hydrogen-bond donors (Lipinski definition) is 1. The van der Waals surface area contributed by atoms with E-state index in [0.717, 1.165) is 17.2 Å². The summed E-state index contributed by atoms with van der Waals surface area (Å²) in [7, 11) is 1.02. The van der Waals surface area contributed by atoms with Gasteiger partial charge in [0.2, 0.25) is 5.82 Å². The number of hydrogen-bond acceptors (Lipinski definition) is 4. The van der Waals surface area contributed by atoms with Crippen LogP contribution < -0.4 is 5.69 Å². The summed E-state index contributed by atoms with van der Waals surface area (Å²) in [6, 6.07) is 6.53. The average Bonchev–Trinajstić information content (AvgIpc) is 3.28. The maximum atomic E-state index is 13.0. The van der Waals surface area contributed by atoms with Gasteiger partial charge in [-0.1, -0.05) is 18.2 Å². The van der Waals surface area contributed by atoms with E-state index in [-0.39, 0.29) is 31.5 Å². The lowest BCUT2D eigenvalue weighted by molar-refractivity contribution is -0.147. The number of aromatic nitrogens is 4. The molecule has 1 aliphatic rings. The topological polar surface area (TPSA) is 93.0 Å². The van der Waals surface area contributed by atoms with Gasteiger partial charge in [0.05, 0.1) is 11.6 Å². The second kappa shape index (κ2) is 7.15. The number of H-pyrrole nitrogens is 1. The largest absolute Gasteiger partial charge is 0.451 e. The highest BCUT2D eigenvalue weighted by Crippen LogP contribution is 2.28. The van der Waals surface area contributed by atoms with Gasteiger partial charge >= 0.3 is 11.9 Å². The Morgan fingerprint density at radius 2 is 1.83 bits per heavy atom.